The predicted octanol–water partition coefficient (Wildman–Crippen LogP) is 2.32. The molecule has 1 amide bonds. The Morgan fingerprint density at radius 2 is 2.17 bits per heavy atom. The van der Waals surface area contributed by atoms with E-state index in [4.69, 9.17) is 5.11 Å². The van der Waals surface area contributed by atoms with Gasteiger partial charge < -0.3 is 10.0 Å². The number of nitrogens with zero attached hydrogens (tertiary/aromatic N) is 1. The first-order valence-corrected chi connectivity index (χ1v) is 6.22. The van der Waals surface area contributed by atoms with Crippen LogP contribution in [0.4, 0.5) is 5.69 Å². The lowest BCUT2D eigenvalue weighted by atomic mass is 10.1. The molecule has 1 atom stereocenters. The van der Waals surface area contributed by atoms with Crippen molar-refractivity contribution >= 4 is 17.6 Å². The average molecular weight is 247 g/mol. The molecule has 18 heavy (non-hydrogen) atoms. The fraction of sp³-hybridized carbons (Fsp3) is 0.429. The number of aromatic carboxylic acids is 1. The number of anilines is 1. The van der Waals surface area contributed by atoms with E-state index in [1.807, 2.05) is 19.9 Å². The van der Waals surface area contributed by atoms with Gasteiger partial charge in [-0.25, -0.2) is 4.79 Å². The lowest BCUT2D eigenvalue weighted by Crippen LogP contribution is -2.33. The first kappa shape index (κ1) is 12.6. The Hall–Kier alpha value is -1.84. The van der Waals surface area contributed by atoms with Gasteiger partial charge in [0.25, 0.3) is 0 Å². The Morgan fingerprint density at radius 1 is 1.44 bits per heavy atom. The van der Waals surface area contributed by atoms with E-state index in [-0.39, 0.29) is 17.4 Å². The molecule has 0 radical (unpaired) electrons. The molecule has 1 N–H and O–H groups in total. The van der Waals surface area contributed by atoms with E-state index in [2.05, 4.69) is 0 Å². The highest BCUT2D eigenvalue weighted by Gasteiger charge is 2.27. The molecule has 1 aliphatic heterocycles. The van der Waals surface area contributed by atoms with E-state index in [9.17, 15) is 9.59 Å². The van der Waals surface area contributed by atoms with Crippen molar-refractivity contribution in [2.45, 2.75) is 26.7 Å². The maximum Gasteiger partial charge on any atom is 0.335 e. The first-order chi connectivity index (χ1) is 8.54. The molecule has 4 nitrogen and oxygen atoms in total. The molecule has 0 spiro atoms. The maximum absolute atomic E-state index is 12.2. The molecule has 96 valence electrons. The highest BCUT2D eigenvalue weighted by atomic mass is 16.4. The van der Waals surface area contributed by atoms with E-state index in [0.717, 1.165) is 24.1 Å². The quantitative estimate of drug-likeness (QED) is 0.891. The molecule has 0 aromatic heterocycles. The topological polar surface area (TPSA) is 57.6 Å². The second kappa shape index (κ2) is 4.80. The first-order valence-electron chi connectivity index (χ1n) is 6.22. The van der Waals surface area contributed by atoms with Crippen LogP contribution < -0.4 is 4.90 Å². The van der Waals surface area contributed by atoms with E-state index in [1.54, 1.807) is 17.0 Å². The van der Waals surface area contributed by atoms with Gasteiger partial charge in [-0.15, -0.1) is 0 Å². The zero-order valence-corrected chi connectivity index (χ0v) is 10.6. The van der Waals surface area contributed by atoms with Crippen LogP contribution in [0.5, 0.6) is 0 Å². The largest absolute Gasteiger partial charge is 0.478 e. The van der Waals surface area contributed by atoms with Gasteiger partial charge in [-0.05, 0) is 30.5 Å². The number of carbonyl (C=O) groups excluding carboxylic acids is 1. The number of hydrogen-bond acceptors (Lipinski definition) is 2. The van der Waals surface area contributed by atoms with Crippen LogP contribution in [0.25, 0.3) is 0 Å². The van der Waals surface area contributed by atoms with Crippen LogP contribution in [0.3, 0.4) is 0 Å². The summed E-state index contributed by atoms with van der Waals surface area (Å²) in [7, 11) is 0. The molecule has 0 saturated carbocycles. The van der Waals surface area contributed by atoms with Crippen molar-refractivity contribution in [1.29, 1.82) is 0 Å². The fourth-order valence-electron chi connectivity index (χ4n) is 2.18. The SMILES string of the molecule is CCC(C)C(=O)N1CCc2ccc(C(=O)O)cc21. The van der Waals surface area contributed by atoms with Crippen LogP contribution in [0, 0.1) is 5.92 Å². The lowest BCUT2D eigenvalue weighted by Gasteiger charge is -2.21. The molecule has 0 fully saturated rings. The second-order valence-electron chi connectivity index (χ2n) is 4.70. The van der Waals surface area contributed by atoms with Gasteiger partial charge in [-0.3, -0.25) is 4.79 Å². The Kier molecular flexibility index (Phi) is 3.36. The number of hydrogen-bond donors (Lipinski definition) is 1. The number of amides is 1. The molecule has 4 heteroatoms. The summed E-state index contributed by atoms with van der Waals surface area (Å²) in [6.45, 7) is 4.54. The summed E-state index contributed by atoms with van der Waals surface area (Å²) in [4.78, 5) is 24.9. The zero-order valence-electron chi connectivity index (χ0n) is 10.6. The zero-order chi connectivity index (χ0) is 13.3. The number of benzene rings is 1. The highest BCUT2D eigenvalue weighted by Crippen LogP contribution is 2.30. The number of fused-ring (bicyclic) bond motifs is 1. The van der Waals surface area contributed by atoms with Crippen LogP contribution in [0.2, 0.25) is 0 Å². The van der Waals surface area contributed by atoms with Crippen molar-refractivity contribution in [2.75, 3.05) is 11.4 Å². The predicted molar refractivity (Wildman–Crippen MR) is 68.9 cm³/mol. The van der Waals surface area contributed by atoms with Gasteiger partial charge in [0.1, 0.15) is 0 Å². The summed E-state index contributed by atoms with van der Waals surface area (Å²) >= 11 is 0. The van der Waals surface area contributed by atoms with Crippen molar-refractivity contribution in [3.05, 3.63) is 29.3 Å². The van der Waals surface area contributed by atoms with Crippen LogP contribution in [0.1, 0.15) is 36.2 Å². The van der Waals surface area contributed by atoms with Crippen LogP contribution >= 0.6 is 0 Å². The summed E-state index contributed by atoms with van der Waals surface area (Å²) in [5.41, 5.74) is 2.05. The molecule has 1 heterocycles. The normalized spacial score (nSPS) is 15.3. The van der Waals surface area contributed by atoms with Crippen molar-refractivity contribution in [3.63, 3.8) is 0 Å². The summed E-state index contributed by atoms with van der Waals surface area (Å²) < 4.78 is 0. The molecular weight excluding hydrogens is 230 g/mol. The minimum absolute atomic E-state index is 0.0237. The molecule has 0 aliphatic carbocycles. The number of carboxylic acids is 1. The van der Waals surface area contributed by atoms with E-state index >= 15 is 0 Å². The molecule has 1 aromatic rings. The standard InChI is InChI=1S/C14H17NO3/c1-3-9(2)13(16)15-7-6-10-4-5-11(14(17)18)8-12(10)15/h4-5,8-9H,3,6-7H2,1-2H3,(H,17,18). The van der Waals surface area contributed by atoms with Gasteiger partial charge in [0.05, 0.1) is 5.56 Å². The van der Waals surface area contributed by atoms with Crippen LogP contribution in [-0.2, 0) is 11.2 Å². The van der Waals surface area contributed by atoms with Gasteiger partial charge in [-0.1, -0.05) is 19.9 Å². The van der Waals surface area contributed by atoms with E-state index < -0.39 is 5.97 Å². The lowest BCUT2D eigenvalue weighted by molar-refractivity contribution is -0.121. The third-order valence-electron chi connectivity index (χ3n) is 3.53. The van der Waals surface area contributed by atoms with Crippen LogP contribution in [-0.4, -0.2) is 23.5 Å². The summed E-state index contributed by atoms with van der Waals surface area (Å²) in [6, 6.07) is 5.01. The Morgan fingerprint density at radius 3 is 2.78 bits per heavy atom. The van der Waals surface area contributed by atoms with Crippen LogP contribution in [0.15, 0.2) is 18.2 Å². The van der Waals surface area contributed by atoms with Gasteiger partial charge >= 0.3 is 5.97 Å². The molecule has 1 aromatic carbocycles. The monoisotopic (exact) mass is 247 g/mol. The molecule has 0 bridgehead atoms. The highest BCUT2D eigenvalue weighted by molar-refractivity contribution is 5.98. The van der Waals surface area contributed by atoms with Crippen molar-refractivity contribution in [1.82, 2.24) is 0 Å². The average Bonchev–Trinajstić information content (AvgIpc) is 2.79. The van der Waals surface area contributed by atoms with Crippen molar-refractivity contribution in [2.24, 2.45) is 5.92 Å². The molecule has 2 rings (SSSR count). The maximum atomic E-state index is 12.2. The third kappa shape index (κ3) is 2.10. The molecular formula is C14H17NO3. The van der Waals surface area contributed by atoms with E-state index in [1.165, 1.54) is 0 Å². The Balaban J connectivity index is 2.34. The van der Waals surface area contributed by atoms with Gasteiger partial charge in [0, 0.05) is 18.2 Å². The number of carbonyl (C=O) groups is 2. The van der Waals surface area contributed by atoms with Gasteiger partial charge in [0.15, 0.2) is 0 Å². The Labute approximate surface area is 106 Å². The Bertz CT molecular complexity index is 496. The number of carboxylic acid groups (broad SMARTS) is 1. The molecule has 1 unspecified atom stereocenters. The fourth-order valence-corrected chi connectivity index (χ4v) is 2.18. The van der Waals surface area contributed by atoms with Crippen molar-refractivity contribution in [3.8, 4) is 0 Å². The molecule has 1 aliphatic rings. The summed E-state index contributed by atoms with van der Waals surface area (Å²) in [5.74, 6) is -0.899. The summed E-state index contributed by atoms with van der Waals surface area (Å²) in [5, 5.41) is 8.99. The number of rotatable bonds is 3. The van der Waals surface area contributed by atoms with Gasteiger partial charge in [-0.2, -0.15) is 0 Å². The van der Waals surface area contributed by atoms with Gasteiger partial charge in [0.2, 0.25) is 5.91 Å². The minimum Gasteiger partial charge on any atom is -0.478 e. The smallest absolute Gasteiger partial charge is 0.335 e. The minimum atomic E-state index is -0.958. The molecule has 0 saturated heterocycles. The third-order valence-corrected chi connectivity index (χ3v) is 3.53. The summed E-state index contributed by atoms with van der Waals surface area (Å²) in [6.07, 6.45) is 1.60. The van der Waals surface area contributed by atoms with E-state index in [0.29, 0.717) is 6.54 Å². The van der Waals surface area contributed by atoms with Crippen molar-refractivity contribution < 1.29 is 14.7 Å². The second-order valence-corrected chi connectivity index (χ2v) is 4.70.